The summed E-state index contributed by atoms with van der Waals surface area (Å²) in [6.45, 7) is 0.899. The lowest BCUT2D eigenvalue weighted by Gasteiger charge is -2.06. The average Bonchev–Trinajstić information content (AvgIpc) is 2.52. The molecule has 0 fully saturated rings. The molecule has 1 amide bonds. The molecule has 0 aliphatic carbocycles. The van der Waals surface area contributed by atoms with Crippen molar-refractivity contribution in [2.45, 2.75) is 6.92 Å². The van der Waals surface area contributed by atoms with Gasteiger partial charge in [0.15, 0.2) is 12.4 Å². The summed E-state index contributed by atoms with van der Waals surface area (Å²) in [5.41, 5.74) is 0.926. The van der Waals surface area contributed by atoms with Crippen LogP contribution >= 0.6 is 0 Å². The summed E-state index contributed by atoms with van der Waals surface area (Å²) in [7, 11) is 0. The minimum atomic E-state index is -0.677. The first-order valence-electron chi connectivity index (χ1n) is 6.79. The SMILES string of the molecule is CC(=O)Nc1ccc(C(=O)OCC(=O)c2cccc(F)c2)cc1. The third-order valence-electron chi connectivity index (χ3n) is 2.92. The minimum Gasteiger partial charge on any atom is -0.454 e. The van der Waals surface area contributed by atoms with E-state index in [2.05, 4.69) is 5.32 Å². The Morgan fingerprint density at radius 3 is 2.35 bits per heavy atom. The lowest BCUT2D eigenvalue weighted by molar-refractivity contribution is -0.114. The molecule has 2 rings (SSSR count). The highest BCUT2D eigenvalue weighted by atomic mass is 19.1. The Bertz CT molecular complexity index is 741. The van der Waals surface area contributed by atoms with E-state index >= 15 is 0 Å². The number of nitrogens with one attached hydrogen (secondary N) is 1. The summed E-state index contributed by atoms with van der Waals surface area (Å²) in [5.74, 6) is -1.92. The van der Waals surface area contributed by atoms with Crippen LogP contribution in [0.25, 0.3) is 0 Å². The smallest absolute Gasteiger partial charge is 0.338 e. The molecule has 0 spiro atoms. The molecular weight excluding hydrogens is 301 g/mol. The largest absolute Gasteiger partial charge is 0.454 e. The Morgan fingerprint density at radius 2 is 1.74 bits per heavy atom. The van der Waals surface area contributed by atoms with Crippen LogP contribution in [0.3, 0.4) is 0 Å². The van der Waals surface area contributed by atoms with Gasteiger partial charge >= 0.3 is 5.97 Å². The Labute approximate surface area is 132 Å². The predicted molar refractivity (Wildman–Crippen MR) is 81.8 cm³/mol. The zero-order valence-electron chi connectivity index (χ0n) is 12.3. The van der Waals surface area contributed by atoms with E-state index in [0.717, 1.165) is 6.07 Å². The normalized spacial score (nSPS) is 10.0. The Balaban J connectivity index is 1.94. The van der Waals surface area contributed by atoms with Crippen molar-refractivity contribution < 1.29 is 23.5 Å². The Hall–Kier alpha value is -3.02. The maximum Gasteiger partial charge on any atom is 0.338 e. The van der Waals surface area contributed by atoms with Gasteiger partial charge in [-0.15, -0.1) is 0 Å². The van der Waals surface area contributed by atoms with E-state index in [1.165, 1.54) is 37.3 Å². The van der Waals surface area contributed by atoms with Crippen LogP contribution in [0.4, 0.5) is 10.1 Å². The van der Waals surface area contributed by atoms with Gasteiger partial charge in [0.25, 0.3) is 0 Å². The van der Waals surface area contributed by atoms with E-state index in [4.69, 9.17) is 4.74 Å². The van der Waals surface area contributed by atoms with E-state index in [9.17, 15) is 18.8 Å². The molecule has 0 aliphatic rings. The molecule has 6 heteroatoms. The second-order valence-electron chi connectivity index (χ2n) is 4.77. The molecule has 0 aliphatic heterocycles. The minimum absolute atomic E-state index is 0.138. The first-order chi connectivity index (χ1) is 11.0. The van der Waals surface area contributed by atoms with Crippen LogP contribution in [0.1, 0.15) is 27.6 Å². The van der Waals surface area contributed by atoms with E-state index in [1.54, 1.807) is 12.1 Å². The van der Waals surface area contributed by atoms with Crippen molar-refractivity contribution in [3.05, 3.63) is 65.5 Å². The first kappa shape index (κ1) is 16.4. The van der Waals surface area contributed by atoms with Gasteiger partial charge in [-0.2, -0.15) is 0 Å². The number of ketones is 1. The maximum absolute atomic E-state index is 13.0. The number of benzene rings is 2. The number of rotatable bonds is 5. The van der Waals surface area contributed by atoms with Crippen molar-refractivity contribution in [1.82, 2.24) is 0 Å². The van der Waals surface area contributed by atoms with Crippen LogP contribution in [0.15, 0.2) is 48.5 Å². The number of Topliss-reactive ketones (excluding diaryl/α,β-unsaturated/α-hetero) is 1. The summed E-state index contributed by atoms with van der Waals surface area (Å²) in [6.07, 6.45) is 0. The number of hydrogen-bond acceptors (Lipinski definition) is 4. The highest BCUT2D eigenvalue weighted by Crippen LogP contribution is 2.11. The maximum atomic E-state index is 13.0. The molecule has 0 saturated carbocycles. The molecule has 23 heavy (non-hydrogen) atoms. The molecule has 2 aromatic rings. The number of amides is 1. The molecule has 0 bridgehead atoms. The fourth-order valence-corrected chi connectivity index (χ4v) is 1.85. The van der Waals surface area contributed by atoms with Gasteiger partial charge in [-0.25, -0.2) is 9.18 Å². The predicted octanol–water partition coefficient (Wildman–Crippen LogP) is 2.82. The van der Waals surface area contributed by atoms with Crippen LogP contribution < -0.4 is 5.32 Å². The van der Waals surface area contributed by atoms with Gasteiger partial charge in [-0.05, 0) is 36.4 Å². The van der Waals surface area contributed by atoms with E-state index < -0.39 is 24.2 Å². The standard InChI is InChI=1S/C17H14FNO4/c1-11(20)19-15-7-5-12(6-8-15)17(22)23-10-16(21)13-3-2-4-14(18)9-13/h2-9H,10H2,1H3,(H,19,20). The van der Waals surface area contributed by atoms with Crippen LogP contribution in [0.2, 0.25) is 0 Å². The topological polar surface area (TPSA) is 72.5 Å². The van der Waals surface area contributed by atoms with Crippen molar-refractivity contribution >= 4 is 23.3 Å². The van der Waals surface area contributed by atoms with Crippen molar-refractivity contribution in [2.24, 2.45) is 0 Å². The van der Waals surface area contributed by atoms with Gasteiger partial charge < -0.3 is 10.1 Å². The fourth-order valence-electron chi connectivity index (χ4n) is 1.85. The summed E-state index contributed by atoms with van der Waals surface area (Å²) >= 11 is 0. The van der Waals surface area contributed by atoms with Crippen molar-refractivity contribution in [2.75, 3.05) is 11.9 Å². The number of halogens is 1. The monoisotopic (exact) mass is 315 g/mol. The summed E-state index contributed by atoms with van der Waals surface area (Å²) < 4.78 is 17.9. The van der Waals surface area contributed by atoms with E-state index in [-0.39, 0.29) is 17.0 Å². The number of carbonyl (C=O) groups is 3. The number of hydrogen-bond donors (Lipinski definition) is 1. The lowest BCUT2D eigenvalue weighted by Crippen LogP contribution is -2.14. The molecule has 0 saturated heterocycles. The summed E-state index contributed by atoms with van der Waals surface area (Å²) in [5, 5.41) is 2.57. The summed E-state index contributed by atoms with van der Waals surface area (Å²) in [4.78, 5) is 34.6. The van der Waals surface area contributed by atoms with E-state index in [0.29, 0.717) is 5.69 Å². The molecule has 1 N–H and O–H groups in total. The molecule has 0 radical (unpaired) electrons. The third-order valence-corrected chi connectivity index (χ3v) is 2.92. The second-order valence-corrected chi connectivity index (χ2v) is 4.77. The second kappa shape index (κ2) is 7.31. The van der Waals surface area contributed by atoms with Crippen LogP contribution in [-0.4, -0.2) is 24.3 Å². The zero-order chi connectivity index (χ0) is 16.8. The number of carbonyl (C=O) groups excluding carboxylic acids is 3. The molecule has 2 aromatic carbocycles. The quantitative estimate of drug-likeness (QED) is 0.680. The fraction of sp³-hybridized carbons (Fsp3) is 0.118. The van der Waals surface area contributed by atoms with Crippen molar-refractivity contribution in [3.8, 4) is 0 Å². The molecule has 0 atom stereocenters. The Morgan fingerprint density at radius 1 is 1.04 bits per heavy atom. The molecule has 118 valence electrons. The zero-order valence-corrected chi connectivity index (χ0v) is 12.3. The van der Waals surface area contributed by atoms with E-state index in [1.807, 2.05) is 0 Å². The highest BCUT2D eigenvalue weighted by molar-refractivity contribution is 5.99. The lowest BCUT2D eigenvalue weighted by atomic mass is 10.1. The Kier molecular flexibility index (Phi) is 5.19. The van der Waals surface area contributed by atoms with Crippen LogP contribution in [0.5, 0.6) is 0 Å². The van der Waals surface area contributed by atoms with Gasteiger partial charge in [-0.3, -0.25) is 9.59 Å². The number of anilines is 1. The van der Waals surface area contributed by atoms with Crippen LogP contribution in [0, 0.1) is 5.82 Å². The van der Waals surface area contributed by atoms with Gasteiger partial charge in [0.05, 0.1) is 5.56 Å². The molecule has 5 nitrogen and oxygen atoms in total. The number of esters is 1. The summed E-state index contributed by atoms with van der Waals surface area (Å²) in [6, 6.07) is 11.2. The highest BCUT2D eigenvalue weighted by Gasteiger charge is 2.12. The van der Waals surface area contributed by atoms with Gasteiger partial charge in [0, 0.05) is 18.2 Å². The van der Waals surface area contributed by atoms with Crippen LogP contribution in [-0.2, 0) is 9.53 Å². The molecule has 0 aromatic heterocycles. The first-order valence-corrected chi connectivity index (χ1v) is 6.79. The van der Waals surface area contributed by atoms with Crippen molar-refractivity contribution in [3.63, 3.8) is 0 Å². The third kappa shape index (κ3) is 4.74. The molecular formula is C17H14FNO4. The molecule has 0 heterocycles. The van der Waals surface area contributed by atoms with Gasteiger partial charge in [0.1, 0.15) is 5.82 Å². The van der Waals surface area contributed by atoms with Gasteiger partial charge in [0.2, 0.25) is 5.91 Å². The molecule has 0 unspecified atom stereocenters. The van der Waals surface area contributed by atoms with Gasteiger partial charge in [-0.1, -0.05) is 12.1 Å². The number of ether oxygens (including phenoxy) is 1. The average molecular weight is 315 g/mol. The van der Waals surface area contributed by atoms with Crippen molar-refractivity contribution in [1.29, 1.82) is 0 Å².